The van der Waals surface area contributed by atoms with Crippen molar-refractivity contribution in [3.05, 3.63) is 70.7 Å². The van der Waals surface area contributed by atoms with Gasteiger partial charge in [-0.25, -0.2) is 4.79 Å². The van der Waals surface area contributed by atoms with E-state index in [0.717, 1.165) is 54.2 Å². The Bertz CT molecular complexity index is 1240. The summed E-state index contributed by atoms with van der Waals surface area (Å²) < 4.78 is 3.73. The van der Waals surface area contributed by atoms with Gasteiger partial charge >= 0.3 is 5.69 Å². The third-order valence-electron chi connectivity index (χ3n) is 5.81. The van der Waals surface area contributed by atoms with Gasteiger partial charge in [-0.3, -0.25) is 19.1 Å². The van der Waals surface area contributed by atoms with Crippen LogP contribution in [0.4, 0.5) is 0 Å². The van der Waals surface area contributed by atoms with Crippen molar-refractivity contribution >= 4 is 21.8 Å². The van der Waals surface area contributed by atoms with E-state index < -0.39 is 0 Å². The van der Waals surface area contributed by atoms with E-state index in [1.807, 2.05) is 33.5 Å². The molecule has 0 aliphatic heterocycles. The van der Waals surface area contributed by atoms with Crippen LogP contribution in [0.5, 0.6) is 0 Å². The first-order chi connectivity index (χ1) is 14.3. The number of hydrogen-bond donors (Lipinski definition) is 1. The number of aliphatic hydroxyl groups is 1. The first-order valence-corrected chi connectivity index (χ1v) is 10.3. The lowest BCUT2D eigenvalue weighted by molar-refractivity contribution is 0.284. The molecule has 5 rings (SSSR count). The fourth-order valence-corrected chi connectivity index (χ4v) is 4.21. The van der Waals surface area contributed by atoms with Gasteiger partial charge in [0.1, 0.15) is 0 Å². The normalized spacial score (nSPS) is 14.1. The molecule has 6 heteroatoms. The minimum Gasteiger partial charge on any atom is -0.396 e. The SMILES string of the molecule is O=c1n(Cc2ncc3ccccc3c2CCCCO)c2cnccc2n1C1CC1. The summed E-state index contributed by atoms with van der Waals surface area (Å²) >= 11 is 0. The van der Waals surface area contributed by atoms with Crippen LogP contribution >= 0.6 is 0 Å². The number of aromatic nitrogens is 4. The number of aliphatic hydroxyl groups excluding tert-OH is 1. The molecule has 1 fully saturated rings. The summed E-state index contributed by atoms with van der Waals surface area (Å²) in [6.07, 6.45) is 10.0. The molecule has 0 atom stereocenters. The van der Waals surface area contributed by atoms with Gasteiger partial charge < -0.3 is 5.11 Å². The minimum atomic E-state index is 0.0202. The van der Waals surface area contributed by atoms with Crippen molar-refractivity contribution in [1.29, 1.82) is 0 Å². The van der Waals surface area contributed by atoms with Crippen LogP contribution in [0.3, 0.4) is 0 Å². The number of imidazole rings is 1. The van der Waals surface area contributed by atoms with Crippen molar-refractivity contribution in [3.8, 4) is 0 Å². The number of fused-ring (bicyclic) bond motifs is 2. The Labute approximate surface area is 168 Å². The fraction of sp³-hybridized carbons (Fsp3) is 0.348. The molecule has 4 aromatic rings. The zero-order chi connectivity index (χ0) is 19.8. The van der Waals surface area contributed by atoms with E-state index in [4.69, 9.17) is 4.98 Å². The Hall–Kier alpha value is -2.99. The van der Waals surface area contributed by atoms with E-state index >= 15 is 0 Å². The van der Waals surface area contributed by atoms with Crippen LogP contribution in [0.25, 0.3) is 21.8 Å². The molecular formula is C23H24N4O2. The zero-order valence-electron chi connectivity index (χ0n) is 16.3. The van der Waals surface area contributed by atoms with Gasteiger partial charge in [0.2, 0.25) is 0 Å². The molecule has 29 heavy (non-hydrogen) atoms. The maximum atomic E-state index is 13.2. The van der Waals surface area contributed by atoms with E-state index in [2.05, 4.69) is 17.1 Å². The molecule has 1 aliphatic rings. The summed E-state index contributed by atoms with van der Waals surface area (Å²) in [5.74, 6) is 0. The Morgan fingerprint density at radius 1 is 1.07 bits per heavy atom. The molecule has 6 nitrogen and oxygen atoms in total. The molecule has 3 heterocycles. The molecule has 148 valence electrons. The Balaban J connectivity index is 1.63. The summed E-state index contributed by atoms with van der Waals surface area (Å²) in [5.41, 5.74) is 3.92. The highest BCUT2D eigenvalue weighted by Gasteiger charge is 2.29. The van der Waals surface area contributed by atoms with Gasteiger partial charge in [-0.05, 0) is 49.1 Å². The second kappa shape index (κ2) is 7.44. The Morgan fingerprint density at radius 2 is 1.93 bits per heavy atom. The van der Waals surface area contributed by atoms with Crippen molar-refractivity contribution in [3.63, 3.8) is 0 Å². The van der Waals surface area contributed by atoms with Crippen molar-refractivity contribution in [2.75, 3.05) is 6.61 Å². The highest BCUT2D eigenvalue weighted by molar-refractivity contribution is 5.85. The van der Waals surface area contributed by atoms with E-state index in [1.165, 1.54) is 10.9 Å². The average molecular weight is 388 g/mol. The molecule has 0 unspecified atom stereocenters. The molecule has 3 aromatic heterocycles. The second-order valence-corrected chi connectivity index (χ2v) is 7.79. The van der Waals surface area contributed by atoms with E-state index in [0.29, 0.717) is 12.6 Å². The number of nitrogens with zero attached hydrogens (tertiary/aromatic N) is 4. The lowest BCUT2D eigenvalue weighted by atomic mass is 9.99. The van der Waals surface area contributed by atoms with Crippen LogP contribution in [-0.4, -0.2) is 30.8 Å². The number of aryl methyl sites for hydroxylation is 1. The topological polar surface area (TPSA) is 72.9 Å². The molecule has 0 amide bonds. The quantitative estimate of drug-likeness (QED) is 0.492. The summed E-state index contributed by atoms with van der Waals surface area (Å²) in [6.45, 7) is 0.619. The first-order valence-electron chi connectivity index (χ1n) is 10.3. The van der Waals surface area contributed by atoms with E-state index in [9.17, 15) is 9.90 Å². The van der Waals surface area contributed by atoms with Crippen LogP contribution in [0.15, 0.2) is 53.7 Å². The number of rotatable bonds is 7. The lowest BCUT2D eigenvalue weighted by Crippen LogP contribution is -2.25. The van der Waals surface area contributed by atoms with Gasteiger partial charge in [0, 0.05) is 30.4 Å². The van der Waals surface area contributed by atoms with E-state index in [-0.39, 0.29) is 12.3 Å². The van der Waals surface area contributed by atoms with Crippen LogP contribution < -0.4 is 5.69 Å². The summed E-state index contributed by atoms with van der Waals surface area (Å²) in [6, 6.07) is 10.5. The van der Waals surface area contributed by atoms with Gasteiger partial charge in [0.05, 0.1) is 29.5 Å². The summed E-state index contributed by atoms with van der Waals surface area (Å²) in [7, 11) is 0. The molecule has 1 saturated carbocycles. The predicted molar refractivity (Wildman–Crippen MR) is 113 cm³/mol. The standard InChI is InChI=1S/C23H24N4O2/c28-12-4-3-7-19-18-6-2-1-5-16(18)13-25-20(19)15-26-22-14-24-11-10-21(22)27(23(26)29)17-8-9-17/h1-2,5-6,10-11,13-14,17,28H,3-4,7-9,12,15H2. The molecule has 0 radical (unpaired) electrons. The van der Waals surface area contributed by atoms with Gasteiger partial charge in [-0.15, -0.1) is 0 Å². The highest BCUT2D eigenvalue weighted by atomic mass is 16.2. The van der Waals surface area contributed by atoms with Crippen molar-refractivity contribution in [1.82, 2.24) is 19.1 Å². The number of unbranched alkanes of at least 4 members (excludes halogenated alkanes) is 1. The van der Waals surface area contributed by atoms with Crippen LogP contribution in [0.2, 0.25) is 0 Å². The number of benzene rings is 1. The molecular weight excluding hydrogens is 364 g/mol. The van der Waals surface area contributed by atoms with Crippen LogP contribution in [0.1, 0.15) is 43.0 Å². The first kappa shape index (κ1) is 18.1. The Morgan fingerprint density at radius 3 is 2.76 bits per heavy atom. The van der Waals surface area contributed by atoms with Gasteiger partial charge in [-0.2, -0.15) is 0 Å². The lowest BCUT2D eigenvalue weighted by Gasteiger charge is -2.13. The van der Waals surface area contributed by atoms with Gasteiger partial charge in [-0.1, -0.05) is 24.3 Å². The predicted octanol–water partition coefficient (Wildman–Crippen LogP) is 3.44. The maximum Gasteiger partial charge on any atom is 0.329 e. The number of pyridine rings is 2. The number of hydrogen-bond acceptors (Lipinski definition) is 4. The summed E-state index contributed by atoms with van der Waals surface area (Å²) in [5, 5.41) is 11.5. The second-order valence-electron chi connectivity index (χ2n) is 7.79. The largest absolute Gasteiger partial charge is 0.396 e. The smallest absolute Gasteiger partial charge is 0.329 e. The van der Waals surface area contributed by atoms with Gasteiger partial charge in [0.25, 0.3) is 0 Å². The van der Waals surface area contributed by atoms with Crippen molar-refractivity contribution in [2.24, 2.45) is 0 Å². The Kier molecular flexibility index (Phi) is 4.64. The molecule has 0 spiro atoms. The molecule has 1 aliphatic carbocycles. The summed E-state index contributed by atoms with van der Waals surface area (Å²) in [4.78, 5) is 22.3. The molecule has 1 N–H and O–H groups in total. The van der Waals surface area contributed by atoms with Crippen molar-refractivity contribution in [2.45, 2.75) is 44.7 Å². The van der Waals surface area contributed by atoms with E-state index in [1.54, 1.807) is 12.4 Å². The molecule has 0 bridgehead atoms. The van der Waals surface area contributed by atoms with Crippen molar-refractivity contribution < 1.29 is 5.11 Å². The third kappa shape index (κ3) is 3.23. The molecule has 0 saturated heterocycles. The zero-order valence-corrected chi connectivity index (χ0v) is 16.3. The fourth-order valence-electron chi connectivity index (χ4n) is 4.21. The average Bonchev–Trinajstić information content (AvgIpc) is 3.54. The maximum absolute atomic E-state index is 13.2. The van der Waals surface area contributed by atoms with Gasteiger partial charge in [0.15, 0.2) is 0 Å². The minimum absolute atomic E-state index is 0.0202. The monoisotopic (exact) mass is 388 g/mol. The molecule has 1 aromatic carbocycles. The third-order valence-corrected chi connectivity index (χ3v) is 5.81. The van der Waals surface area contributed by atoms with Crippen LogP contribution in [0, 0.1) is 0 Å². The highest BCUT2D eigenvalue weighted by Crippen LogP contribution is 2.36. The van der Waals surface area contributed by atoms with Crippen LogP contribution in [-0.2, 0) is 13.0 Å².